The van der Waals surface area contributed by atoms with Gasteiger partial charge in [0.25, 0.3) is 0 Å². The summed E-state index contributed by atoms with van der Waals surface area (Å²) < 4.78 is 0. The van der Waals surface area contributed by atoms with Crippen molar-refractivity contribution in [1.29, 1.82) is 0 Å². The van der Waals surface area contributed by atoms with Crippen LogP contribution in [0.2, 0.25) is 0 Å². The number of nitrogens with one attached hydrogen (secondary N) is 2. The fraction of sp³-hybridized carbons (Fsp3) is 0.800. The van der Waals surface area contributed by atoms with Crippen molar-refractivity contribution >= 4 is 11.8 Å². The second-order valence-electron chi connectivity index (χ2n) is 4.10. The van der Waals surface area contributed by atoms with Gasteiger partial charge in [0, 0.05) is 6.92 Å². The van der Waals surface area contributed by atoms with Crippen LogP contribution in [0.3, 0.4) is 0 Å². The largest absolute Gasteiger partial charge is 0.394 e. The molecule has 0 unspecified atom stereocenters. The maximum absolute atomic E-state index is 11.4. The molecular weight excluding hydrogens is 196 g/mol. The molecule has 0 aliphatic heterocycles. The van der Waals surface area contributed by atoms with E-state index in [-0.39, 0.29) is 25.0 Å². The minimum atomic E-state index is -0.449. The van der Waals surface area contributed by atoms with Crippen molar-refractivity contribution in [2.24, 2.45) is 0 Å². The Bertz CT molecular complexity index is 247. The molecule has 0 aromatic heterocycles. The third-order valence-electron chi connectivity index (χ3n) is 2.77. The Kier molecular flexibility index (Phi) is 4.08. The molecule has 15 heavy (non-hydrogen) atoms. The molecule has 1 fully saturated rings. The molecule has 5 heteroatoms. The first-order chi connectivity index (χ1) is 7.08. The molecule has 0 radical (unpaired) electrons. The van der Waals surface area contributed by atoms with Crippen LogP contribution in [0, 0.1) is 0 Å². The molecule has 0 aromatic rings. The standard InChI is InChI=1S/C10H18N2O3/c1-8(14)11-6-9(15)12-10(7-13)4-2-3-5-10/h13H,2-7H2,1H3,(H,11,14)(H,12,15). The summed E-state index contributed by atoms with van der Waals surface area (Å²) >= 11 is 0. The SMILES string of the molecule is CC(=O)NCC(=O)NC1(CO)CCCC1. The van der Waals surface area contributed by atoms with E-state index in [1.54, 1.807) is 0 Å². The Morgan fingerprint density at radius 2 is 1.93 bits per heavy atom. The first-order valence-corrected chi connectivity index (χ1v) is 5.24. The summed E-state index contributed by atoms with van der Waals surface area (Å²) in [6.07, 6.45) is 3.69. The molecule has 1 aliphatic carbocycles. The molecule has 1 rings (SSSR count). The fourth-order valence-electron chi connectivity index (χ4n) is 1.92. The van der Waals surface area contributed by atoms with Gasteiger partial charge in [-0.3, -0.25) is 9.59 Å². The van der Waals surface area contributed by atoms with Crippen LogP contribution in [0.5, 0.6) is 0 Å². The van der Waals surface area contributed by atoms with Gasteiger partial charge >= 0.3 is 0 Å². The number of hydrogen-bond acceptors (Lipinski definition) is 3. The predicted molar refractivity (Wildman–Crippen MR) is 55.1 cm³/mol. The topological polar surface area (TPSA) is 78.4 Å². The highest BCUT2D eigenvalue weighted by atomic mass is 16.3. The van der Waals surface area contributed by atoms with Crippen LogP contribution in [-0.4, -0.2) is 35.6 Å². The van der Waals surface area contributed by atoms with Crippen LogP contribution >= 0.6 is 0 Å². The maximum atomic E-state index is 11.4. The van der Waals surface area contributed by atoms with E-state index in [1.807, 2.05) is 0 Å². The maximum Gasteiger partial charge on any atom is 0.239 e. The molecule has 3 N–H and O–H groups in total. The van der Waals surface area contributed by atoms with Gasteiger partial charge in [0.2, 0.25) is 11.8 Å². The molecule has 0 heterocycles. The first kappa shape index (κ1) is 12.0. The van der Waals surface area contributed by atoms with Gasteiger partial charge in [0.05, 0.1) is 18.7 Å². The molecule has 0 saturated heterocycles. The molecule has 0 spiro atoms. The van der Waals surface area contributed by atoms with Crippen molar-refractivity contribution in [3.05, 3.63) is 0 Å². The minimum Gasteiger partial charge on any atom is -0.394 e. The zero-order valence-corrected chi connectivity index (χ0v) is 9.01. The van der Waals surface area contributed by atoms with Crippen molar-refractivity contribution in [3.8, 4) is 0 Å². The van der Waals surface area contributed by atoms with E-state index in [0.29, 0.717) is 0 Å². The number of aliphatic hydroxyl groups is 1. The summed E-state index contributed by atoms with van der Waals surface area (Å²) in [5.74, 6) is -0.462. The summed E-state index contributed by atoms with van der Waals surface area (Å²) in [5, 5.41) is 14.5. The molecule has 0 atom stereocenters. The average Bonchev–Trinajstić information content (AvgIpc) is 2.64. The molecule has 1 aliphatic rings. The average molecular weight is 214 g/mol. The van der Waals surface area contributed by atoms with E-state index in [2.05, 4.69) is 10.6 Å². The fourth-order valence-corrected chi connectivity index (χ4v) is 1.92. The number of carbonyl (C=O) groups excluding carboxylic acids is 2. The second-order valence-corrected chi connectivity index (χ2v) is 4.10. The summed E-state index contributed by atoms with van der Waals surface area (Å²) in [6.45, 7) is 1.32. The van der Waals surface area contributed by atoms with Crippen LogP contribution in [-0.2, 0) is 9.59 Å². The van der Waals surface area contributed by atoms with E-state index in [0.717, 1.165) is 25.7 Å². The van der Waals surface area contributed by atoms with Crippen LogP contribution in [0.1, 0.15) is 32.6 Å². The highest BCUT2D eigenvalue weighted by Gasteiger charge is 2.34. The first-order valence-electron chi connectivity index (χ1n) is 5.24. The van der Waals surface area contributed by atoms with E-state index in [9.17, 15) is 14.7 Å². The van der Waals surface area contributed by atoms with Crippen LogP contribution < -0.4 is 10.6 Å². The van der Waals surface area contributed by atoms with E-state index < -0.39 is 5.54 Å². The molecule has 5 nitrogen and oxygen atoms in total. The lowest BCUT2D eigenvalue weighted by Gasteiger charge is -2.27. The third-order valence-corrected chi connectivity index (χ3v) is 2.77. The zero-order chi connectivity index (χ0) is 11.3. The number of carbonyl (C=O) groups is 2. The summed E-state index contributed by atoms with van der Waals surface area (Å²) in [6, 6.07) is 0. The van der Waals surface area contributed by atoms with Gasteiger partial charge in [-0.05, 0) is 12.8 Å². The van der Waals surface area contributed by atoms with E-state index >= 15 is 0 Å². The van der Waals surface area contributed by atoms with Gasteiger partial charge in [0.15, 0.2) is 0 Å². The van der Waals surface area contributed by atoms with Crippen molar-refractivity contribution in [1.82, 2.24) is 10.6 Å². The Morgan fingerprint density at radius 3 is 2.40 bits per heavy atom. The third kappa shape index (κ3) is 3.51. The van der Waals surface area contributed by atoms with Crippen LogP contribution in [0.25, 0.3) is 0 Å². The molecule has 86 valence electrons. The number of aliphatic hydroxyl groups excluding tert-OH is 1. The zero-order valence-electron chi connectivity index (χ0n) is 9.01. The Labute approximate surface area is 89.2 Å². The normalized spacial score (nSPS) is 18.5. The molecule has 2 amide bonds. The van der Waals surface area contributed by atoms with E-state index in [4.69, 9.17) is 0 Å². The minimum absolute atomic E-state index is 0.0168. The van der Waals surface area contributed by atoms with Gasteiger partial charge in [0.1, 0.15) is 0 Å². The van der Waals surface area contributed by atoms with Gasteiger partial charge in [-0.2, -0.15) is 0 Å². The summed E-state index contributed by atoms with van der Waals surface area (Å²) in [7, 11) is 0. The molecule has 1 saturated carbocycles. The number of rotatable bonds is 4. The summed E-state index contributed by atoms with van der Waals surface area (Å²) in [4.78, 5) is 22.0. The quantitative estimate of drug-likeness (QED) is 0.592. The van der Waals surface area contributed by atoms with Crippen molar-refractivity contribution in [2.45, 2.75) is 38.1 Å². The van der Waals surface area contributed by atoms with Crippen LogP contribution in [0.4, 0.5) is 0 Å². The number of amides is 2. The van der Waals surface area contributed by atoms with Crippen LogP contribution in [0.15, 0.2) is 0 Å². The second kappa shape index (κ2) is 5.11. The van der Waals surface area contributed by atoms with Gasteiger partial charge < -0.3 is 15.7 Å². The number of hydrogen-bond donors (Lipinski definition) is 3. The van der Waals surface area contributed by atoms with E-state index in [1.165, 1.54) is 6.92 Å². The molecular formula is C10H18N2O3. The molecule has 0 aromatic carbocycles. The van der Waals surface area contributed by atoms with Crippen molar-refractivity contribution < 1.29 is 14.7 Å². The lowest BCUT2D eigenvalue weighted by atomic mass is 9.99. The van der Waals surface area contributed by atoms with Crippen molar-refractivity contribution in [2.75, 3.05) is 13.2 Å². The monoisotopic (exact) mass is 214 g/mol. The highest BCUT2D eigenvalue weighted by Crippen LogP contribution is 2.28. The predicted octanol–water partition coefficient (Wildman–Crippen LogP) is -0.456. The smallest absolute Gasteiger partial charge is 0.239 e. The lowest BCUT2D eigenvalue weighted by molar-refractivity contribution is -0.126. The Hall–Kier alpha value is -1.10. The highest BCUT2D eigenvalue weighted by molar-refractivity contribution is 5.84. The van der Waals surface area contributed by atoms with Crippen molar-refractivity contribution in [3.63, 3.8) is 0 Å². The molecule has 0 bridgehead atoms. The van der Waals surface area contributed by atoms with Gasteiger partial charge in [-0.15, -0.1) is 0 Å². The lowest BCUT2D eigenvalue weighted by Crippen LogP contribution is -2.52. The Morgan fingerprint density at radius 1 is 1.33 bits per heavy atom. The van der Waals surface area contributed by atoms with Gasteiger partial charge in [-0.1, -0.05) is 12.8 Å². The van der Waals surface area contributed by atoms with Gasteiger partial charge in [-0.25, -0.2) is 0 Å². The summed E-state index contributed by atoms with van der Waals surface area (Å²) in [5.41, 5.74) is -0.449. The Balaban J connectivity index is 2.38.